The largest absolute Gasteiger partial charge is 0.507 e. The van der Waals surface area contributed by atoms with Crippen molar-refractivity contribution in [2.24, 2.45) is 0 Å². The summed E-state index contributed by atoms with van der Waals surface area (Å²) < 4.78 is 0. The summed E-state index contributed by atoms with van der Waals surface area (Å²) in [6.07, 6.45) is 3.35. The lowest BCUT2D eigenvalue weighted by Crippen LogP contribution is -2.01. The van der Waals surface area contributed by atoms with Crippen LogP contribution in [0.3, 0.4) is 0 Å². The minimum Gasteiger partial charge on any atom is -0.507 e. The van der Waals surface area contributed by atoms with E-state index in [1.807, 2.05) is 18.2 Å². The van der Waals surface area contributed by atoms with Gasteiger partial charge in [0.2, 0.25) is 0 Å². The third-order valence-corrected chi connectivity index (χ3v) is 2.73. The van der Waals surface area contributed by atoms with Crippen molar-refractivity contribution < 1.29 is 9.90 Å². The Morgan fingerprint density at radius 3 is 2.73 bits per heavy atom. The van der Waals surface area contributed by atoms with E-state index in [9.17, 15) is 9.90 Å². The number of hydrogen-bond donors (Lipinski definition) is 1. The van der Waals surface area contributed by atoms with E-state index in [1.54, 1.807) is 24.3 Å². The molecule has 0 aliphatic heterocycles. The zero-order valence-corrected chi connectivity index (χ0v) is 7.90. The predicted molar refractivity (Wildman–Crippen MR) is 59.0 cm³/mol. The zero-order valence-electron chi connectivity index (χ0n) is 7.90. The highest BCUT2D eigenvalue weighted by Crippen LogP contribution is 2.33. The fourth-order valence-corrected chi connectivity index (χ4v) is 2.02. The van der Waals surface area contributed by atoms with E-state index in [0.717, 1.165) is 16.3 Å². The number of carbonyl (C=O) groups is 1. The van der Waals surface area contributed by atoms with Gasteiger partial charge in [-0.25, -0.2) is 0 Å². The number of allylic oxidation sites excluding steroid dienone is 1. The first-order valence-corrected chi connectivity index (χ1v) is 4.74. The molecule has 0 atom stereocenters. The molecular weight excluding hydrogens is 188 g/mol. The van der Waals surface area contributed by atoms with E-state index in [4.69, 9.17) is 0 Å². The number of rotatable bonds is 0. The fraction of sp³-hybridized carbons (Fsp3) is 0. The summed E-state index contributed by atoms with van der Waals surface area (Å²) in [7, 11) is 0. The number of aromatic hydroxyl groups is 1. The molecule has 0 radical (unpaired) electrons. The van der Waals surface area contributed by atoms with E-state index in [-0.39, 0.29) is 11.5 Å². The van der Waals surface area contributed by atoms with E-state index in [0.29, 0.717) is 5.56 Å². The molecule has 1 N–H and O–H groups in total. The second kappa shape index (κ2) is 2.70. The molecule has 3 rings (SSSR count). The van der Waals surface area contributed by atoms with Gasteiger partial charge in [-0.2, -0.15) is 0 Å². The van der Waals surface area contributed by atoms with Crippen LogP contribution >= 0.6 is 0 Å². The Labute approximate surface area is 86.5 Å². The van der Waals surface area contributed by atoms with Gasteiger partial charge in [0.25, 0.3) is 0 Å². The summed E-state index contributed by atoms with van der Waals surface area (Å²) in [6, 6.07) is 8.88. The maximum Gasteiger partial charge on any atom is 0.186 e. The lowest BCUT2D eigenvalue weighted by molar-refractivity contribution is 0.104. The van der Waals surface area contributed by atoms with Crippen LogP contribution in [0.1, 0.15) is 15.9 Å². The maximum atomic E-state index is 11.6. The normalized spacial score (nSPS) is 13.5. The molecule has 0 unspecified atom stereocenters. The highest BCUT2D eigenvalue weighted by Gasteiger charge is 2.15. The molecule has 2 nitrogen and oxygen atoms in total. The third kappa shape index (κ3) is 1.02. The summed E-state index contributed by atoms with van der Waals surface area (Å²) in [4.78, 5) is 11.6. The molecule has 15 heavy (non-hydrogen) atoms. The second-order valence-electron chi connectivity index (χ2n) is 3.60. The Morgan fingerprint density at radius 1 is 1.00 bits per heavy atom. The summed E-state index contributed by atoms with van der Waals surface area (Å²) in [5, 5.41) is 11.3. The minimum absolute atomic E-state index is 0.00120. The van der Waals surface area contributed by atoms with Crippen LogP contribution in [0.15, 0.2) is 36.4 Å². The van der Waals surface area contributed by atoms with Crippen LogP contribution in [0, 0.1) is 0 Å². The smallest absolute Gasteiger partial charge is 0.186 e. The first-order chi connectivity index (χ1) is 7.27. The third-order valence-electron chi connectivity index (χ3n) is 2.73. The molecule has 2 heteroatoms. The molecule has 0 spiro atoms. The summed E-state index contributed by atoms with van der Waals surface area (Å²) in [5.74, 6) is 0.220. The quantitative estimate of drug-likeness (QED) is 0.703. The van der Waals surface area contributed by atoms with Gasteiger partial charge in [0.1, 0.15) is 5.75 Å². The number of phenolic OH excluding ortho intramolecular Hbond substituents is 1. The lowest BCUT2D eigenvalue weighted by atomic mass is 9.92. The Balaban J connectivity index is 2.59. The first-order valence-electron chi connectivity index (χ1n) is 4.74. The first kappa shape index (κ1) is 8.24. The molecule has 0 saturated heterocycles. The van der Waals surface area contributed by atoms with Crippen molar-refractivity contribution in [3.63, 3.8) is 0 Å². The Bertz CT molecular complexity index is 609. The second-order valence-corrected chi connectivity index (χ2v) is 3.60. The number of phenols is 1. The van der Waals surface area contributed by atoms with Crippen molar-refractivity contribution in [1.29, 1.82) is 0 Å². The molecule has 0 aromatic heterocycles. The molecule has 0 fully saturated rings. The van der Waals surface area contributed by atoms with E-state index < -0.39 is 0 Å². The fourth-order valence-electron chi connectivity index (χ4n) is 2.02. The van der Waals surface area contributed by atoms with Crippen molar-refractivity contribution in [2.45, 2.75) is 0 Å². The van der Waals surface area contributed by atoms with Gasteiger partial charge in [0.05, 0.1) is 0 Å². The highest BCUT2D eigenvalue weighted by atomic mass is 16.3. The summed E-state index contributed by atoms with van der Waals surface area (Å²) in [5.41, 5.74) is 1.65. The monoisotopic (exact) mass is 196 g/mol. The van der Waals surface area contributed by atoms with Crippen molar-refractivity contribution in [3.05, 3.63) is 47.5 Å². The van der Waals surface area contributed by atoms with Gasteiger partial charge in [-0.3, -0.25) is 4.79 Å². The Kier molecular flexibility index (Phi) is 1.48. The van der Waals surface area contributed by atoms with Crippen molar-refractivity contribution in [1.82, 2.24) is 0 Å². The molecule has 72 valence electrons. The average Bonchev–Trinajstić information content (AvgIpc) is 2.26. The molecule has 0 saturated carbocycles. The summed E-state index contributed by atoms with van der Waals surface area (Å²) >= 11 is 0. The Morgan fingerprint density at radius 2 is 1.87 bits per heavy atom. The lowest BCUT2D eigenvalue weighted by Gasteiger charge is -2.12. The molecule has 2 aromatic carbocycles. The topological polar surface area (TPSA) is 37.3 Å². The molecule has 0 heterocycles. The van der Waals surface area contributed by atoms with Crippen LogP contribution < -0.4 is 0 Å². The van der Waals surface area contributed by atoms with Crippen molar-refractivity contribution in [3.8, 4) is 5.75 Å². The number of carbonyl (C=O) groups excluding carboxylic acids is 1. The average molecular weight is 196 g/mol. The molecule has 0 bridgehead atoms. The molecular formula is C13H8O2. The van der Waals surface area contributed by atoms with Gasteiger partial charge in [-0.1, -0.05) is 24.3 Å². The van der Waals surface area contributed by atoms with E-state index in [2.05, 4.69) is 0 Å². The highest BCUT2D eigenvalue weighted by molar-refractivity contribution is 6.20. The number of hydrogen-bond acceptors (Lipinski definition) is 2. The van der Waals surface area contributed by atoms with Gasteiger partial charge in [0.15, 0.2) is 5.78 Å². The molecule has 0 amide bonds. The van der Waals surface area contributed by atoms with Gasteiger partial charge >= 0.3 is 0 Å². The van der Waals surface area contributed by atoms with E-state index >= 15 is 0 Å². The number of ketones is 1. The van der Waals surface area contributed by atoms with Crippen molar-refractivity contribution >= 4 is 22.6 Å². The van der Waals surface area contributed by atoms with Gasteiger partial charge in [-0.05, 0) is 23.8 Å². The maximum absolute atomic E-state index is 11.6. The van der Waals surface area contributed by atoms with Crippen LogP contribution in [-0.2, 0) is 0 Å². The van der Waals surface area contributed by atoms with Crippen LogP contribution in [0.2, 0.25) is 0 Å². The van der Waals surface area contributed by atoms with Crippen LogP contribution in [0.25, 0.3) is 16.8 Å². The van der Waals surface area contributed by atoms with Crippen molar-refractivity contribution in [2.75, 3.05) is 0 Å². The SMILES string of the molecule is O=C1C=Cc2cccc3c(O)ccc1c23. The van der Waals surface area contributed by atoms with Crippen LogP contribution in [-0.4, -0.2) is 10.9 Å². The van der Waals surface area contributed by atoms with E-state index in [1.165, 1.54) is 0 Å². The molecule has 1 aliphatic carbocycles. The zero-order chi connectivity index (χ0) is 10.4. The number of benzene rings is 2. The van der Waals surface area contributed by atoms with Crippen LogP contribution in [0.4, 0.5) is 0 Å². The van der Waals surface area contributed by atoms with Gasteiger partial charge in [-0.15, -0.1) is 0 Å². The predicted octanol–water partition coefficient (Wildman–Crippen LogP) is 2.75. The summed E-state index contributed by atoms with van der Waals surface area (Å²) in [6.45, 7) is 0. The van der Waals surface area contributed by atoms with Gasteiger partial charge in [0, 0.05) is 16.3 Å². The van der Waals surface area contributed by atoms with Crippen LogP contribution in [0.5, 0.6) is 5.75 Å². The molecule has 2 aromatic rings. The standard InChI is InChI=1S/C13H8O2/c14-11-6-4-8-2-1-3-9-12(15)7-5-10(11)13(8)9/h1-7,15H. The molecule has 1 aliphatic rings. The minimum atomic E-state index is -0.00120. The van der Waals surface area contributed by atoms with Gasteiger partial charge < -0.3 is 5.11 Å². The Hall–Kier alpha value is -2.09.